The van der Waals surface area contributed by atoms with Crippen LogP contribution in [0.15, 0.2) is 25.0 Å². The van der Waals surface area contributed by atoms with Crippen molar-refractivity contribution in [1.29, 1.82) is 0 Å². The largest absolute Gasteiger partial charge is 0.449 e. The summed E-state index contributed by atoms with van der Waals surface area (Å²) < 4.78 is 22.5. The number of aliphatic imine (C=N–C) groups is 5. The van der Waals surface area contributed by atoms with E-state index in [1.165, 1.54) is 0 Å². The van der Waals surface area contributed by atoms with Crippen LogP contribution in [0.2, 0.25) is 0 Å². The number of carbonyl (C=O) groups is 10. The van der Waals surface area contributed by atoms with Gasteiger partial charge in [0.15, 0.2) is 31.1 Å². The number of Topliss-reactive ketones (excluding diaryl/α,β-unsaturated/α-hetero) is 5. The lowest BCUT2D eigenvalue weighted by Crippen LogP contribution is -2.25. The van der Waals surface area contributed by atoms with Crippen LogP contribution < -0.4 is 57.3 Å². The molecule has 692 valence electrons. The molecule has 20 N–H and O–H groups in total. The quantitative estimate of drug-likeness (QED) is 0.00518. The van der Waals surface area contributed by atoms with Crippen LogP contribution in [0.1, 0.15) is 199 Å². The number of amidine groups is 5. The van der Waals surface area contributed by atoms with E-state index in [0.29, 0.717) is 161 Å². The molecular weight excluding hydrogens is 1640 g/mol. The zero-order valence-corrected chi connectivity index (χ0v) is 66.8. The third-order valence-corrected chi connectivity index (χ3v) is 14.4. The first-order valence-electron chi connectivity index (χ1n) is 37.1. The van der Waals surface area contributed by atoms with E-state index in [0.717, 1.165) is 0 Å². The Labute approximate surface area is 690 Å². The number of ketones is 5. The number of hydrogen-bond acceptors (Lipinski definition) is 46. The third-order valence-electron chi connectivity index (χ3n) is 14.4. The number of hydrogen-bond donors (Lipinski definition) is 10. The zero-order valence-electron chi connectivity index (χ0n) is 66.8. The lowest BCUT2D eigenvalue weighted by molar-refractivity contribution is -0.790. The molecule has 58 heteroatoms. The van der Waals surface area contributed by atoms with E-state index < -0.39 is 92.2 Å². The first kappa shape index (κ1) is 117. The Bertz CT molecular complexity index is 3000. The molecule has 0 fully saturated rings. The highest BCUT2D eigenvalue weighted by Gasteiger charge is 2.20. The fourth-order valence-corrected chi connectivity index (χ4v) is 8.81. The van der Waals surface area contributed by atoms with Gasteiger partial charge in [0.05, 0.1) is 51.9 Å². The highest BCUT2D eigenvalue weighted by atomic mass is 17.0. The Balaban J connectivity index is -0.000000465. The summed E-state index contributed by atoms with van der Waals surface area (Å²) in [6.45, 7) is 1.95. The number of nitrogens with two attached hydrogens (primary N) is 10. The molecule has 0 spiro atoms. The molecule has 0 aliphatic carbocycles. The Morgan fingerprint density at radius 1 is 0.273 bits per heavy atom. The molecule has 7 unspecified atom stereocenters. The minimum absolute atomic E-state index is 0.00461. The van der Waals surface area contributed by atoms with E-state index in [9.17, 15) is 119 Å². The maximum atomic E-state index is 11.8. The maximum absolute atomic E-state index is 11.8. The first-order chi connectivity index (χ1) is 57.3. The highest BCUT2D eigenvalue weighted by molar-refractivity contribution is 6.02. The lowest BCUT2D eigenvalue weighted by atomic mass is 10.1. The van der Waals surface area contributed by atoms with Gasteiger partial charge < -0.3 is 86.2 Å². The number of ether oxygens (including phenoxy) is 5. The van der Waals surface area contributed by atoms with Gasteiger partial charge in [0.1, 0.15) is 83.5 Å². The van der Waals surface area contributed by atoms with E-state index >= 15 is 0 Å². The number of nitrogens with zero attached hydrogens (tertiary/aromatic N) is 12. The molecule has 0 saturated carbocycles. The van der Waals surface area contributed by atoms with E-state index in [-0.39, 0.29) is 181 Å². The van der Waals surface area contributed by atoms with Crippen LogP contribution in [0.5, 0.6) is 0 Å². The van der Waals surface area contributed by atoms with Gasteiger partial charge in [-0.1, -0.05) is 12.8 Å². The molecule has 7 atom stereocenters. The topological polar surface area (TPSA) is 905 Å². The van der Waals surface area contributed by atoms with Gasteiger partial charge in [0.25, 0.3) is 68.0 Å². The monoisotopic (exact) mass is 1750 g/mol. The van der Waals surface area contributed by atoms with Gasteiger partial charge in [0, 0.05) is 64.8 Å². The Morgan fingerprint density at radius 3 is 0.686 bits per heavy atom. The van der Waals surface area contributed by atoms with Crippen LogP contribution in [0.25, 0.3) is 0 Å². The second-order valence-corrected chi connectivity index (χ2v) is 24.6. The summed E-state index contributed by atoms with van der Waals surface area (Å²) in [5, 5.41) is 63.7. The van der Waals surface area contributed by atoms with Crippen molar-refractivity contribution in [1.82, 2.24) is 0 Å². The van der Waals surface area contributed by atoms with Crippen molar-refractivity contribution in [3.8, 4) is 0 Å². The van der Waals surface area contributed by atoms with Crippen LogP contribution in [-0.2, 0) is 105 Å². The number of unbranched alkanes of at least 4 members (excludes halogenated alkanes) is 4. The molecule has 0 saturated heterocycles. The fraction of sp³-hybridized carbons (Fsp3) is 0.762. The summed E-state index contributed by atoms with van der Waals surface area (Å²) >= 11 is 0. The SMILES string of the molecule is NC(CC(=O)CCCC(CO[N+](=O)[O-])O[N+](=O)[O-])=NCCCC(N)OC=O.NC(CC(=O)CCCC(CO[N+](=O)[O-])O[N+](=O)[O-])=NCCCC(N)OC=O.NC(CC(=O)CCCCCO[N+](=O)[O-])=NCCCC(N)OC=O.NC(CC(=O)CCCCCO[N+](=O)[O-])=NCCCC(N)OC=O.NC(CC(=O)CCCO[N+](=O)[O-])=NCCCC(N)OC=O. The first-order valence-corrected chi connectivity index (χ1v) is 37.1. The van der Waals surface area contributed by atoms with E-state index in [2.05, 4.69) is 82.5 Å². The van der Waals surface area contributed by atoms with Gasteiger partial charge in [-0.3, -0.25) is 102 Å². The highest BCUT2D eigenvalue weighted by Crippen LogP contribution is 2.12. The summed E-state index contributed by atoms with van der Waals surface area (Å²) in [7, 11) is 0. The van der Waals surface area contributed by atoms with Crippen molar-refractivity contribution in [3.63, 3.8) is 0 Å². The smallest absolute Gasteiger partial charge is 0.294 e. The van der Waals surface area contributed by atoms with Crippen LogP contribution >= 0.6 is 0 Å². The van der Waals surface area contributed by atoms with Crippen LogP contribution in [0.3, 0.4) is 0 Å². The van der Waals surface area contributed by atoms with Gasteiger partial charge in [-0.15, -0.1) is 70.8 Å². The molecule has 58 nitrogen and oxygen atoms in total. The van der Waals surface area contributed by atoms with Crippen molar-refractivity contribution < 1.29 is 141 Å². The number of carbonyl (C=O) groups excluding carboxylic acids is 10. The van der Waals surface area contributed by atoms with Crippen molar-refractivity contribution in [3.05, 3.63) is 70.8 Å². The number of rotatable bonds is 77. The van der Waals surface area contributed by atoms with Crippen molar-refractivity contribution in [2.24, 2.45) is 82.3 Å². The predicted octanol–water partition coefficient (Wildman–Crippen LogP) is -0.859. The molecule has 0 rings (SSSR count). The molecule has 0 bridgehead atoms. The summed E-state index contributed by atoms with van der Waals surface area (Å²) in [4.78, 5) is 228. The van der Waals surface area contributed by atoms with Gasteiger partial charge in [0.2, 0.25) is 0 Å². The van der Waals surface area contributed by atoms with Crippen molar-refractivity contribution in [2.75, 3.05) is 65.8 Å². The molecule has 0 aromatic carbocycles. The molecule has 0 aliphatic rings. The Hall–Kier alpha value is -12.7. The van der Waals surface area contributed by atoms with Gasteiger partial charge >= 0.3 is 0 Å². The Morgan fingerprint density at radius 2 is 0.479 bits per heavy atom. The summed E-state index contributed by atoms with van der Waals surface area (Å²) in [6, 6.07) is 0. The summed E-state index contributed by atoms with van der Waals surface area (Å²) in [5.41, 5.74) is 55.4. The van der Waals surface area contributed by atoms with Crippen LogP contribution in [0, 0.1) is 70.8 Å². The normalized spacial score (nSPS) is 12.9. The van der Waals surface area contributed by atoms with Crippen LogP contribution in [-0.4, -0.2) is 235 Å². The summed E-state index contributed by atoms with van der Waals surface area (Å²) in [5.74, 6) is 0.265. The van der Waals surface area contributed by atoms with E-state index in [1.807, 2.05) is 0 Å². The molecule has 0 radical (unpaired) electrons. The average Bonchev–Trinajstić information content (AvgIpc) is 0.960. The van der Waals surface area contributed by atoms with Crippen LogP contribution in [0.4, 0.5) is 0 Å². The molecule has 121 heavy (non-hydrogen) atoms. The minimum atomic E-state index is -1.15. The average molecular weight is 1760 g/mol. The second-order valence-electron chi connectivity index (χ2n) is 24.6. The van der Waals surface area contributed by atoms with Gasteiger partial charge in [-0.25, -0.2) is 0 Å². The predicted molar refractivity (Wildman–Crippen MR) is 415 cm³/mol. The zero-order chi connectivity index (χ0) is 92.4. The van der Waals surface area contributed by atoms with E-state index in [4.69, 9.17) is 57.3 Å². The minimum Gasteiger partial charge on any atom is -0.449 e. The molecule has 0 amide bonds. The maximum Gasteiger partial charge on any atom is 0.294 e. The summed E-state index contributed by atoms with van der Waals surface area (Å²) in [6.07, 6.45) is 4.55. The lowest BCUT2D eigenvalue weighted by Gasteiger charge is -2.13. The standard InChI is InChI=1S/2C13H23N5O9.2C13H24N4O6.C11H20N4O6/c2*14-12(16-6-2-5-13(15)25-9-19)7-10(20)3-1-4-11(27-18(23)24)8-26-17(21)22;2*14-12(16-7-4-6-13(15)22-10-18)9-11(19)5-2-1-3-8-23-17(20)21;12-10(14-5-1-4-11(13)20-8-16)7-9(17)3-2-6-21-15(18)19/h2*9,11,13H,1-8,15H2,(H2,14,16);2*10,13H,1-9,15H2,(H2,14,16);8,11H,1-7,13H2,(H2,12,14). The molecule has 0 aromatic rings. The molecule has 0 aliphatic heterocycles. The van der Waals surface area contributed by atoms with Crippen molar-refractivity contribution >= 4 is 90.5 Å². The van der Waals surface area contributed by atoms with E-state index in [1.54, 1.807) is 0 Å². The fourth-order valence-electron chi connectivity index (χ4n) is 8.81. The second kappa shape index (κ2) is 81.0. The van der Waals surface area contributed by atoms with Gasteiger partial charge in [-0.2, -0.15) is 0 Å². The third kappa shape index (κ3) is 94.3. The molecular formula is C63H114N22O36. The van der Waals surface area contributed by atoms with Crippen molar-refractivity contribution in [2.45, 2.75) is 242 Å². The van der Waals surface area contributed by atoms with Gasteiger partial charge in [-0.05, 0) is 122 Å². The molecule has 0 heterocycles. The Kier molecular flexibility index (Phi) is 78.2. The molecule has 0 aromatic heterocycles.